The summed E-state index contributed by atoms with van der Waals surface area (Å²) in [5.41, 5.74) is 1.76. The highest BCUT2D eigenvalue weighted by Gasteiger charge is 2.03. The van der Waals surface area contributed by atoms with E-state index in [2.05, 4.69) is 5.32 Å². The van der Waals surface area contributed by atoms with E-state index >= 15 is 0 Å². The molecule has 0 saturated heterocycles. The minimum atomic E-state index is -0.457. The average Bonchev–Trinajstić information content (AvgIpc) is 2.22. The topological polar surface area (TPSA) is 47.6 Å². The molecule has 0 fully saturated rings. The third-order valence-corrected chi connectivity index (χ3v) is 1.90. The third kappa shape index (κ3) is 3.99. The number of benzene rings is 1. The molecule has 0 atom stereocenters. The Morgan fingerprint density at radius 3 is 2.73 bits per heavy atom. The highest BCUT2D eigenvalue weighted by atomic mass is 16.6. The number of para-hydroxylation sites is 1. The van der Waals surface area contributed by atoms with Gasteiger partial charge in [0.15, 0.2) is 0 Å². The van der Waals surface area contributed by atoms with Crippen LogP contribution in [0, 0.1) is 6.92 Å². The molecule has 1 aromatic rings. The van der Waals surface area contributed by atoms with Gasteiger partial charge in [0.05, 0.1) is 6.61 Å². The van der Waals surface area contributed by atoms with Crippen LogP contribution in [0.1, 0.15) is 5.56 Å². The molecular formula is C11H15NO3. The third-order valence-electron chi connectivity index (χ3n) is 1.90. The molecule has 1 amide bonds. The van der Waals surface area contributed by atoms with Gasteiger partial charge in [0.2, 0.25) is 0 Å². The van der Waals surface area contributed by atoms with Crippen molar-refractivity contribution in [3.8, 4) is 0 Å². The van der Waals surface area contributed by atoms with Crippen molar-refractivity contribution in [1.29, 1.82) is 0 Å². The van der Waals surface area contributed by atoms with E-state index in [4.69, 9.17) is 9.47 Å². The van der Waals surface area contributed by atoms with Gasteiger partial charge in [-0.1, -0.05) is 18.2 Å². The molecular weight excluding hydrogens is 194 g/mol. The number of amides is 1. The van der Waals surface area contributed by atoms with E-state index in [0.717, 1.165) is 11.3 Å². The van der Waals surface area contributed by atoms with Crippen LogP contribution in [0.4, 0.5) is 10.5 Å². The van der Waals surface area contributed by atoms with Crippen LogP contribution in [0.3, 0.4) is 0 Å². The summed E-state index contributed by atoms with van der Waals surface area (Å²) >= 11 is 0. The number of ether oxygens (including phenoxy) is 2. The number of anilines is 1. The summed E-state index contributed by atoms with van der Waals surface area (Å²) in [6, 6.07) is 7.52. The number of hydrogen-bond acceptors (Lipinski definition) is 3. The Bertz CT molecular complexity index is 325. The lowest BCUT2D eigenvalue weighted by atomic mass is 10.2. The zero-order valence-corrected chi connectivity index (χ0v) is 8.95. The van der Waals surface area contributed by atoms with Crippen LogP contribution in [-0.4, -0.2) is 26.4 Å². The normalized spacial score (nSPS) is 9.73. The summed E-state index contributed by atoms with van der Waals surface area (Å²) in [5.74, 6) is 0. The minimum Gasteiger partial charge on any atom is -0.447 e. The second-order valence-corrected chi connectivity index (χ2v) is 3.07. The largest absolute Gasteiger partial charge is 0.447 e. The number of carbonyl (C=O) groups excluding carboxylic acids is 1. The zero-order chi connectivity index (χ0) is 11.1. The number of nitrogens with one attached hydrogen (secondary N) is 1. The van der Waals surface area contributed by atoms with Crippen molar-refractivity contribution in [2.45, 2.75) is 6.92 Å². The summed E-state index contributed by atoms with van der Waals surface area (Å²) in [5, 5.41) is 2.65. The van der Waals surface area contributed by atoms with Crippen LogP contribution in [0.25, 0.3) is 0 Å². The molecule has 0 spiro atoms. The maximum atomic E-state index is 11.3. The van der Waals surface area contributed by atoms with Crippen molar-refractivity contribution < 1.29 is 14.3 Å². The Labute approximate surface area is 89.2 Å². The molecule has 1 rings (SSSR count). The molecule has 1 N–H and O–H groups in total. The highest BCUT2D eigenvalue weighted by molar-refractivity contribution is 5.85. The predicted octanol–water partition coefficient (Wildman–Crippen LogP) is 2.19. The number of rotatable bonds is 4. The smallest absolute Gasteiger partial charge is 0.411 e. The fourth-order valence-corrected chi connectivity index (χ4v) is 1.08. The van der Waals surface area contributed by atoms with E-state index in [1.54, 1.807) is 7.11 Å². The number of methoxy groups -OCH3 is 1. The van der Waals surface area contributed by atoms with Crippen LogP contribution >= 0.6 is 0 Å². The SMILES string of the molecule is COCCOC(=O)Nc1ccccc1C. The number of hydrogen-bond donors (Lipinski definition) is 1. The van der Waals surface area contributed by atoms with Gasteiger partial charge in [-0.15, -0.1) is 0 Å². The summed E-state index contributed by atoms with van der Waals surface area (Å²) < 4.78 is 9.63. The molecule has 0 unspecified atom stereocenters. The Hall–Kier alpha value is -1.55. The fourth-order valence-electron chi connectivity index (χ4n) is 1.08. The first-order valence-corrected chi connectivity index (χ1v) is 4.72. The Morgan fingerprint density at radius 1 is 1.33 bits per heavy atom. The van der Waals surface area contributed by atoms with Gasteiger partial charge >= 0.3 is 6.09 Å². The maximum absolute atomic E-state index is 11.3. The molecule has 82 valence electrons. The Morgan fingerprint density at radius 2 is 2.07 bits per heavy atom. The van der Waals surface area contributed by atoms with Crippen LogP contribution in [0.15, 0.2) is 24.3 Å². The molecule has 0 aliphatic carbocycles. The summed E-state index contributed by atoms with van der Waals surface area (Å²) in [4.78, 5) is 11.3. The molecule has 0 radical (unpaired) electrons. The molecule has 0 aliphatic heterocycles. The van der Waals surface area contributed by atoms with Gasteiger partial charge in [-0.2, -0.15) is 0 Å². The van der Waals surface area contributed by atoms with Crippen molar-refractivity contribution in [2.24, 2.45) is 0 Å². The van der Waals surface area contributed by atoms with Gasteiger partial charge < -0.3 is 9.47 Å². The summed E-state index contributed by atoms with van der Waals surface area (Å²) in [6.07, 6.45) is -0.457. The van der Waals surface area contributed by atoms with Gasteiger partial charge in [-0.25, -0.2) is 4.79 Å². The van der Waals surface area contributed by atoms with E-state index < -0.39 is 6.09 Å². The monoisotopic (exact) mass is 209 g/mol. The number of carbonyl (C=O) groups is 1. The molecule has 15 heavy (non-hydrogen) atoms. The Balaban J connectivity index is 2.41. The molecule has 0 saturated carbocycles. The standard InChI is InChI=1S/C11H15NO3/c1-9-5-3-4-6-10(9)12-11(13)15-8-7-14-2/h3-6H,7-8H2,1-2H3,(H,12,13). The zero-order valence-electron chi connectivity index (χ0n) is 8.95. The molecule has 0 aliphatic rings. The minimum absolute atomic E-state index is 0.258. The van der Waals surface area contributed by atoms with Crippen molar-refractivity contribution in [2.75, 3.05) is 25.6 Å². The molecule has 0 aromatic heterocycles. The van der Waals surface area contributed by atoms with Crippen molar-refractivity contribution >= 4 is 11.8 Å². The second-order valence-electron chi connectivity index (χ2n) is 3.07. The van der Waals surface area contributed by atoms with Gasteiger partial charge in [0.25, 0.3) is 0 Å². The van der Waals surface area contributed by atoms with E-state index in [1.807, 2.05) is 31.2 Å². The predicted molar refractivity (Wildman–Crippen MR) is 58.0 cm³/mol. The van der Waals surface area contributed by atoms with Gasteiger partial charge in [-0.05, 0) is 18.6 Å². The molecule has 0 heterocycles. The summed E-state index contributed by atoms with van der Waals surface area (Å²) in [7, 11) is 1.56. The number of aryl methyl sites for hydroxylation is 1. The first kappa shape index (κ1) is 11.5. The fraction of sp³-hybridized carbons (Fsp3) is 0.364. The molecule has 0 bridgehead atoms. The van der Waals surface area contributed by atoms with Gasteiger partial charge in [0, 0.05) is 12.8 Å². The van der Waals surface area contributed by atoms with Crippen molar-refractivity contribution in [3.05, 3.63) is 29.8 Å². The molecule has 4 heteroatoms. The first-order chi connectivity index (χ1) is 7.24. The van der Waals surface area contributed by atoms with E-state index in [-0.39, 0.29) is 6.61 Å². The quantitative estimate of drug-likeness (QED) is 0.773. The van der Waals surface area contributed by atoms with Crippen molar-refractivity contribution in [3.63, 3.8) is 0 Å². The van der Waals surface area contributed by atoms with Crippen LogP contribution in [-0.2, 0) is 9.47 Å². The van der Waals surface area contributed by atoms with Crippen molar-refractivity contribution in [1.82, 2.24) is 0 Å². The molecule has 4 nitrogen and oxygen atoms in total. The van der Waals surface area contributed by atoms with E-state index in [0.29, 0.717) is 6.61 Å². The average molecular weight is 209 g/mol. The lowest BCUT2D eigenvalue weighted by Gasteiger charge is -2.08. The van der Waals surface area contributed by atoms with Crippen LogP contribution in [0.5, 0.6) is 0 Å². The lowest BCUT2D eigenvalue weighted by molar-refractivity contribution is 0.107. The molecule has 1 aromatic carbocycles. The van der Waals surface area contributed by atoms with E-state index in [1.165, 1.54) is 0 Å². The Kier molecular flexibility index (Phi) is 4.63. The first-order valence-electron chi connectivity index (χ1n) is 4.72. The maximum Gasteiger partial charge on any atom is 0.411 e. The highest BCUT2D eigenvalue weighted by Crippen LogP contribution is 2.12. The van der Waals surface area contributed by atoms with E-state index in [9.17, 15) is 4.79 Å². The summed E-state index contributed by atoms with van der Waals surface area (Å²) in [6.45, 7) is 2.58. The van der Waals surface area contributed by atoms with Crippen LogP contribution < -0.4 is 5.32 Å². The lowest BCUT2D eigenvalue weighted by Crippen LogP contribution is -2.16. The second kappa shape index (κ2) is 6.03. The van der Waals surface area contributed by atoms with Gasteiger partial charge in [0.1, 0.15) is 6.61 Å². The van der Waals surface area contributed by atoms with Crippen LogP contribution in [0.2, 0.25) is 0 Å². The van der Waals surface area contributed by atoms with Gasteiger partial charge in [-0.3, -0.25) is 5.32 Å².